The van der Waals surface area contributed by atoms with E-state index in [2.05, 4.69) is 15.5 Å². The molecule has 0 aliphatic carbocycles. The molecule has 1 unspecified atom stereocenters. The van der Waals surface area contributed by atoms with Crippen LogP contribution in [0.3, 0.4) is 0 Å². The predicted octanol–water partition coefficient (Wildman–Crippen LogP) is 5.61. The van der Waals surface area contributed by atoms with Crippen LogP contribution in [0.25, 0.3) is 0 Å². The standard InChI is InChI=1S/C24H30ClN3O6/c1-6-31-18-10-17(11-19(14-18)32-7-2)27-28-22(15(5)29)24(30)26-16-12-20(25)23(34-9-4)21(13-16)33-8-3/h10-14,22H,6-9H2,1-5H3,(H,26,30). The molecule has 0 saturated heterocycles. The van der Waals surface area contributed by atoms with Crippen molar-refractivity contribution in [1.82, 2.24) is 0 Å². The highest BCUT2D eigenvalue weighted by Gasteiger charge is 2.24. The Hall–Kier alpha value is -3.33. The van der Waals surface area contributed by atoms with Crippen LogP contribution in [0.5, 0.6) is 23.0 Å². The van der Waals surface area contributed by atoms with E-state index >= 15 is 0 Å². The van der Waals surface area contributed by atoms with E-state index in [-0.39, 0.29) is 5.02 Å². The van der Waals surface area contributed by atoms with Crippen LogP contribution in [-0.4, -0.2) is 44.2 Å². The average molecular weight is 492 g/mol. The number of amides is 1. The van der Waals surface area contributed by atoms with Gasteiger partial charge in [-0.05, 0) is 40.7 Å². The van der Waals surface area contributed by atoms with Crippen LogP contribution >= 0.6 is 11.6 Å². The largest absolute Gasteiger partial charge is 0.494 e. The third-order valence-electron chi connectivity index (χ3n) is 4.27. The fraction of sp³-hybridized carbons (Fsp3) is 0.417. The van der Waals surface area contributed by atoms with Crippen molar-refractivity contribution in [3.8, 4) is 23.0 Å². The lowest BCUT2D eigenvalue weighted by molar-refractivity contribution is -0.126. The molecule has 9 nitrogen and oxygen atoms in total. The van der Waals surface area contributed by atoms with Crippen molar-refractivity contribution < 1.29 is 28.5 Å². The van der Waals surface area contributed by atoms with E-state index in [4.69, 9.17) is 30.5 Å². The van der Waals surface area contributed by atoms with Crippen molar-refractivity contribution in [3.63, 3.8) is 0 Å². The number of azo groups is 1. The molecular weight excluding hydrogens is 462 g/mol. The Labute approximate surface area is 204 Å². The van der Waals surface area contributed by atoms with E-state index in [9.17, 15) is 9.59 Å². The summed E-state index contributed by atoms with van der Waals surface area (Å²) in [7, 11) is 0. The van der Waals surface area contributed by atoms with E-state index in [1.807, 2.05) is 27.7 Å². The second kappa shape index (κ2) is 13.4. The second-order valence-electron chi connectivity index (χ2n) is 6.90. The number of ether oxygens (including phenoxy) is 4. The minimum absolute atomic E-state index is 0.264. The minimum Gasteiger partial charge on any atom is -0.494 e. The van der Waals surface area contributed by atoms with Crippen LogP contribution in [0.2, 0.25) is 5.02 Å². The van der Waals surface area contributed by atoms with Gasteiger partial charge in [0.05, 0.1) is 37.1 Å². The van der Waals surface area contributed by atoms with Gasteiger partial charge in [0.25, 0.3) is 5.91 Å². The van der Waals surface area contributed by atoms with Gasteiger partial charge in [-0.2, -0.15) is 10.2 Å². The third-order valence-corrected chi connectivity index (χ3v) is 4.56. The van der Waals surface area contributed by atoms with Crippen molar-refractivity contribution in [2.75, 3.05) is 31.7 Å². The van der Waals surface area contributed by atoms with E-state index in [0.717, 1.165) is 0 Å². The number of benzene rings is 2. The molecule has 0 heterocycles. The summed E-state index contributed by atoms with van der Waals surface area (Å²) in [4.78, 5) is 25.0. The number of ketones is 1. The molecule has 10 heteroatoms. The van der Waals surface area contributed by atoms with Gasteiger partial charge in [-0.1, -0.05) is 11.6 Å². The number of hydrogen-bond donors (Lipinski definition) is 1. The smallest absolute Gasteiger partial charge is 0.258 e. The first kappa shape index (κ1) is 26.9. The van der Waals surface area contributed by atoms with Crippen LogP contribution in [0, 0.1) is 0 Å². The average Bonchev–Trinajstić information content (AvgIpc) is 2.76. The van der Waals surface area contributed by atoms with E-state index in [1.54, 1.807) is 24.3 Å². The number of anilines is 1. The summed E-state index contributed by atoms with van der Waals surface area (Å²) >= 11 is 6.31. The number of rotatable bonds is 13. The topological polar surface area (TPSA) is 108 Å². The highest BCUT2D eigenvalue weighted by Crippen LogP contribution is 2.38. The summed E-state index contributed by atoms with van der Waals surface area (Å²) in [5, 5.41) is 11.0. The van der Waals surface area contributed by atoms with Gasteiger partial charge < -0.3 is 24.3 Å². The zero-order valence-corrected chi connectivity index (χ0v) is 20.8. The fourth-order valence-corrected chi connectivity index (χ4v) is 3.22. The molecule has 2 aromatic carbocycles. The van der Waals surface area contributed by atoms with Gasteiger partial charge in [-0.25, -0.2) is 0 Å². The SMILES string of the molecule is CCOc1cc(N=NC(C(C)=O)C(=O)Nc2cc(Cl)c(OCC)c(OCC)c2)cc(OCC)c1. The Morgan fingerprint density at radius 1 is 0.882 bits per heavy atom. The van der Waals surface area contributed by atoms with Gasteiger partial charge in [-0.15, -0.1) is 0 Å². The number of carbonyl (C=O) groups excluding carboxylic acids is 2. The molecule has 2 rings (SSSR count). The predicted molar refractivity (Wildman–Crippen MR) is 130 cm³/mol. The Morgan fingerprint density at radius 2 is 1.47 bits per heavy atom. The quantitative estimate of drug-likeness (QED) is 0.288. The lowest BCUT2D eigenvalue weighted by Gasteiger charge is -2.15. The maximum absolute atomic E-state index is 12.9. The first-order valence-electron chi connectivity index (χ1n) is 11.0. The summed E-state index contributed by atoms with van der Waals surface area (Å²) in [5.41, 5.74) is 0.719. The van der Waals surface area contributed by atoms with Crippen LogP contribution in [0.4, 0.5) is 11.4 Å². The molecule has 1 amide bonds. The van der Waals surface area contributed by atoms with Gasteiger partial charge in [-0.3, -0.25) is 9.59 Å². The minimum atomic E-state index is -1.37. The fourth-order valence-electron chi connectivity index (χ4n) is 2.96. The van der Waals surface area contributed by atoms with Crippen molar-refractivity contribution in [3.05, 3.63) is 35.4 Å². The molecule has 0 saturated carbocycles. The summed E-state index contributed by atoms with van der Waals surface area (Å²) in [6, 6.07) is 6.74. The van der Waals surface area contributed by atoms with Gasteiger partial charge >= 0.3 is 0 Å². The summed E-state index contributed by atoms with van der Waals surface area (Å²) in [6.45, 7) is 10.3. The number of hydrogen-bond acceptors (Lipinski definition) is 8. The highest BCUT2D eigenvalue weighted by molar-refractivity contribution is 6.32. The van der Waals surface area contributed by atoms with Gasteiger partial charge in [0, 0.05) is 30.0 Å². The van der Waals surface area contributed by atoms with Gasteiger partial charge in [0.15, 0.2) is 17.3 Å². The van der Waals surface area contributed by atoms with Gasteiger partial charge in [0.1, 0.15) is 11.5 Å². The summed E-state index contributed by atoms with van der Waals surface area (Å²) in [6.07, 6.45) is 0. The molecule has 0 aromatic heterocycles. The lowest BCUT2D eigenvalue weighted by Crippen LogP contribution is -2.31. The van der Waals surface area contributed by atoms with Gasteiger partial charge in [0.2, 0.25) is 6.04 Å². The molecule has 1 N–H and O–H groups in total. The molecule has 34 heavy (non-hydrogen) atoms. The first-order chi connectivity index (χ1) is 16.3. The number of halogens is 1. The zero-order valence-electron chi connectivity index (χ0n) is 20.0. The molecule has 0 aliphatic rings. The molecule has 1 atom stereocenters. The van der Waals surface area contributed by atoms with Crippen molar-refractivity contribution >= 4 is 34.7 Å². The summed E-state index contributed by atoms with van der Waals surface area (Å²) < 4.78 is 22.1. The number of nitrogens with one attached hydrogen (secondary N) is 1. The zero-order chi connectivity index (χ0) is 25.1. The van der Waals surface area contributed by atoms with E-state index < -0.39 is 17.7 Å². The maximum Gasteiger partial charge on any atom is 0.258 e. The molecule has 0 aliphatic heterocycles. The van der Waals surface area contributed by atoms with Crippen molar-refractivity contribution in [1.29, 1.82) is 0 Å². The molecular formula is C24H30ClN3O6. The normalized spacial score (nSPS) is 11.7. The number of carbonyl (C=O) groups is 2. The Balaban J connectivity index is 2.28. The monoisotopic (exact) mass is 491 g/mol. The van der Waals surface area contributed by atoms with Crippen LogP contribution < -0.4 is 24.3 Å². The first-order valence-corrected chi connectivity index (χ1v) is 11.4. The van der Waals surface area contributed by atoms with E-state index in [0.29, 0.717) is 60.8 Å². The molecule has 184 valence electrons. The number of Topliss-reactive ketones (excluding diaryl/α,β-unsaturated/α-hetero) is 1. The lowest BCUT2D eigenvalue weighted by atomic mass is 10.2. The highest BCUT2D eigenvalue weighted by atomic mass is 35.5. The number of nitrogens with zero attached hydrogens (tertiary/aromatic N) is 2. The molecule has 2 aromatic rings. The van der Waals surface area contributed by atoms with Crippen molar-refractivity contribution in [2.45, 2.75) is 40.7 Å². The second-order valence-corrected chi connectivity index (χ2v) is 7.31. The maximum atomic E-state index is 12.9. The Bertz CT molecular complexity index is 1000. The Kier molecular flexibility index (Phi) is 10.6. The summed E-state index contributed by atoms with van der Waals surface area (Å²) in [5.74, 6) is 0.701. The third kappa shape index (κ3) is 7.62. The molecule has 0 radical (unpaired) electrons. The van der Waals surface area contributed by atoms with Crippen molar-refractivity contribution in [2.24, 2.45) is 10.2 Å². The van der Waals surface area contributed by atoms with Crippen LogP contribution in [0.15, 0.2) is 40.6 Å². The molecule has 0 fully saturated rings. The van der Waals surface area contributed by atoms with Crippen LogP contribution in [0.1, 0.15) is 34.6 Å². The Morgan fingerprint density at radius 3 is 2.00 bits per heavy atom. The van der Waals surface area contributed by atoms with Crippen LogP contribution in [-0.2, 0) is 9.59 Å². The molecule has 0 bridgehead atoms. The van der Waals surface area contributed by atoms with E-state index in [1.165, 1.54) is 13.0 Å². The molecule has 0 spiro atoms.